The molecule has 1 N–H and O–H groups in total. The Bertz CT molecular complexity index is 611. The first kappa shape index (κ1) is 12.7. The second-order valence-electron chi connectivity index (χ2n) is 2.67. The number of nitrogens with zero attached hydrogens (tertiary/aromatic N) is 2. The molecule has 0 aliphatic rings. The Labute approximate surface area is 104 Å². The maximum atomic E-state index is 5.09. The van der Waals surface area contributed by atoms with Gasteiger partial charge in [-0.25, -0.2) is 5.10 Å². The maximum Gasteiger partial charge on any atom is 0.284 e. The Balaban J connectivity index is 0.000000249. The summed E-state index contributed by atoms with van der Waals surface area (Å²) < 4.78 is 5.09. The van der Waals surface area contributed by atoms with Crippen molar-refractivity contribution in [1.29, 1.82) is 0 Å². The second-order valence-corrected chi connectivity index (χ2v) is 3.04. The number of terminal acetylenes is 1. The van der Waals surface area contributed by atoms with Crippen LogP contribution < -0.4 is 0 Å². The molecule has 5 heteroatoms. The summed E-state index contributed by atoms with van der Waals surface area (Å²) in [4.78, 5) is 4.15. The summed E-state index contributed by atoms with van der Waals surface area (Å²) in [6.07, 6.45) is 8.05. The lowest BCUT2D eigenvalue weighted by Crippen LogP contribution is -1.77. The lowest BCUT2D eigenvalue weighted by molar-refractivity contribution is 0.552. The minimum absolute atomic E-state index is 0.279. The van der Waals surface area contributed by atoms with Crippen LogP contribution >= 0.6 is 12.2 Å². The quantitative estimate of drug-likeness (QED) is 0.617. The number of aromatic amines is 1. The van der Waals surface area contributed by atoms with E-state index in [1.807, 2.05) is 0 Å². The third-order valence-electron chi connectivity index (χ3n) is 1.56. The summed E-state index contributed by atoms with van der Waals surface area (Å²) in [6.45, 7) is 1.71. The molecule has 17 heavy (non-hydrogen) atoms. The zero-order valence-electron chi connectivity index (χ0n) is 9.10. The topological polar surface area (TPSA) is 54.7 Å². The van der Waals surface area contributed by atoms with Gasteiger partial charge in [-0.3, -0.25) is 4.98 Å². The van der Waals surface area contributed by atoms with Crippen LogP contribution in [0.1, 0.15) is 6.92 Å². The number of pyridine rings is 1. The van der Waals surface area contributed by atoms with E-state index in [9.17, 15) is 0 Å². The molecule has 0 fully saturated rings. The molecule has 0 aliphatic heterocycles. The first-order valence-electron chi connectivity index (χ1n) is 4.61. The van der Waals surface area contributed by atoms with E-state index in [0.29, 0.717) is 5.89 Å². The Morgan fingerprint density at radius 2 is 2.12 bits per heavy atom. The number of aromatic nitrogens is 3. The number of hydrogen-bond donors (Lipinski definition) is 1. The summed E-state index contributed by atoms with van der Waals surface area (Å²) in [6, 6.07) is 3.60. The van der Waals surface area contributed by atoms with Crippen molar-refractivity contribution in [2.45, 2.75) is 6.92 Å². The van der Waals surface area contributed by atoms with Crippen molar-refractivity contribution in [3.8, 4) is 35.6 Å². The smallest absolute Gasteiger partial charge is 0.284 e. The predicted octanol–water partition coefficient (Wildman–Crippen LogP) is 2.44. The van der Waals surface area contributed by atoms with Gasteiger partial charge in [0.25, 0.3) is 4.84 Å². The highest BCUT2D eigenvalue weighted by Gasteiger charge is 2.01. The standard InChI is InChI=1S/C7H5N3OS.C5H4/c12-7-10-9-6(11-7)5-1-3-8-4-2-5;1-3-5-4-2/h1-4H,(H,10,12);1H,2H3. The summed E-state index contributed by atoms with van der Waals surface area (Å²) in [7, 11) is 0. The average Bonchev–Trinajstić information content (AvgIpc) is 2.79. The van der Waals surface area contributed by atoms with Gasteiger partial charge in [0.1, 0.15) is 0 Å². The van der Waals surface area contributed by atoms with Crippen molar-refractivity contribution >= 4 is 12.2 Å². The molecule has 0 atom stereocenters. The summed E-state index contributed by atoms with van der Waals surface area (Å²) in [5.41, 5.74) is 0.859. The van der Waals surface area contributed by atoms with Crippen LogP contribution in [-0.4, -0.2) is 15.2 Å². The van der Waals surface area contributed by atoms with Crippen LogP contribution in [0.25, 0.3) is 11.5 Å². The summed E-state index contributed by atoms with van der Waals surface area (Å²) in [5.74, 6) is 7.56. The predicted molar refractivity (Wildman–Crippen MR) is 67.2 cm³/mol. The van der Waals surface area contributed by atoms with Gasteiger partial charge >= 0.3 is 0 Å². The van der Waals surface area contributed by atoms with E-state index in [-0.39, 0.29) is 4.84 Å². The van der Waals surface area contributed by atoms with Gasteiger partial charge in [0, 0.05) is 18.0 Å². The van der Waals surface area contributed by atoms with Crippen LogP contribution in [0.15, 0.2) is 28.9 Å². The molecule has 2 aromatic rings. The van der Waals surface area contributed by atoms with E-state index >= 15 is 0 Å². The van der Waals surface area contributed by atoms with Crippen LogP contribution in [0.3, 0.4) is 0 Å². The highest BCUT2D eigenvalue weighted by Crippen LogP contribution is 2.13. The maximum absolute atomic E-state index is 5.09. The van der Waals surface area contributed by atoms with Gasteiger partial charge in [-0.15, -0.1) is 11.5 Å². The molecule has 2 rings (SSSR count). The molecule has 2 aromatic heterocycles. The Morgan fingerprint density at radius 1 is 1.41 bits per heavy atom. The van der Waals surface area contributed by atoms with Crippen LogP contribution in [0.2, 0.25) is 0 Å². The first-order valence-corrected chi connectivity index (χ1v) is 5.02. The normalized spacial score (nSPS) is 8.00. The Morgan fingerprint density at radius 3 is 2.53 bits per heavy atom. The molecule has 0 saturated carbocycles. The van der Waals surface area contributed by atoms with E-state index in [0.717, 1.165) is 5.56 Å². The van der Waals surface area contributed by atoms with Crippen molar-refractivity contribution in [3.05, 3.63) is 29.4 Å². The molecule has 0 aliphatic carbocycles. The molecular formula is C12H9N3OS. The summed E-state index contributed by atoms with van der Waals surface area (Å²) >= 11 is 4.73. The van der Waals surface area contributed by atoms with Crippen molar-refractivity contribution in [3.63, 3.8) is 0 Å². The average molecular weight is 243 g/mol. The van der Waals surface area contributed by atoms with Crippen molar-refractivity contribution in [2.75, 3.05) is 0 Å². The molecule has 0 spiro atoms. The van der Waals surface area contributed by atoms with Crippen molar-refractivity contribution in [1.82, 2.24) is 15.2 Å². The van der Waals surface area contributed by atoms with Gasteiger partial charge in [0.15, 0.2) is 0 Å². The van der Waals surface area contributed by atoms with E-state index in [4.69, 9.17) is 23.1 Å². The van der Waals surface area contributed by atoms with Gasteiger partial charge in [0.05, 0.1) is 0 Å². The van der Waals surface area contributed by atoms with Gasteiger partial charge in [0.2, 0.25) is 5.89 Å². The van der Waals surface area contributed by atoms with Crippen molar-refractivity contribution in [2.24, 2.45) is 0 Å². The molecule has 0 aromatic carbocycles. The lowest BCUT2D eigenvalue weighted by Gasteiger charge is -1.89. The zero-order valence-corrected chi connectivity index (χ0v) is 9.91. The zero-order chi connectivity index (χ0) is 12.5. The highest BCUT2D eigenvalue weighted by molar-refractivity contribution is 7.71. The van der Waals surface area contributed by atoms with Gasteiger partial charge in [-0.1, -0.05) is 5.92 Å². The van der Waals surface area contributed by atoms with E-state index < -0.39 is 0 Å². The third-order valence-corrected chi connectivity index (χ3v) is 1.74. The van der Waals surface area contributed by atoms with E-state index in [1.54, 1.807) is 31.5 Å². The van der Waals surface area contributed by atoms with Gasteiger partial charge < -0.3 is 4.42 Å². The molecule has 0 unspecified atom stereocenters. The van der Waals surface area contributed by atoms with Gasteiger partial charge in [-0.05, 0) is 43.1 Å². The van der Waals surface area contributed by atoms with Crippen LogP contribution in [-0.2, 0) is 0 Å². The fraction of sp³-hybridized carbons (Fsp3) is 0.0833. The fourth-order valence-electron chi connectivity index (χ4n) is 0.920. The van der Waals surface area contributed by atoms with Crippen molar-refractivity contribution < 1.29 is 4.42 Å². The monoisotopic (exact) mass is 243 g/mol. The lowest BCUT2D eigenvalue weighted by atomic mass is 10.3. The molecule has 0 radical (unpaired) electrons. The molecule has 84 valence electrons. The van der Waals surface area contributed by atoms with Crippen LogP contribution in [0.4, 0.5) is 0 Å². The van der Waals surface area contributed by atoms with Crippen LogP contribution in [0, 0.1) is 29.0 Å². The molecule has 0 saturated heterocycles. The molecule has 4 nitrogen and oxygen atoms in total. The summed E-state index contributed by atoms with van der Waals surface area (Å²) in [5, 5.41) is 6.41. The number of nitrogens with one attached hydrogen (secondary N) is 1. The largest absolute Gasteiger partial charge is 0.409 e. The third kappa shape index (κ3) is 4.33. The van der Waals surface area contributed by atoms with Gasteiger partial charge in [-0.2, -0.15) is 0 Å². The second kappa shape index (κ2) is 7.00. The molecule has 2 heterocycles. The first-order chi connectivity index (χ1) is 8.27. The Kier molecular flexibility index (Phi) is 5.23. The highest BCUT2D eigenvalue weighted by atomic mass is 32.1. The van der Waals surface area contributed by atoms with E-state index in [1.165, 1.54) is 0 Å². The minimum Gasteiger partial charge on any atom is -0.409 e. The molecule has 0 amide bonds. The number of hydrogen-bond acceptors (Lipinski definition) is 4. The fourth-order valence-corrected chi connectivity index (χ4v) is 1.04. The molecular weight excluding hydrogens is 234 g/mol. The van der Waals surface area contributed by atoms with E-state index in [2.05, 4.69) is 32.9 Å². The molecule has 0 bridgehead atoms. The van der Waals surface area contributed by atoms with Crippen LogP contribution in [0.5, 0.6) is 0 Å². The number of H-pyrrole nitrogens is 1. The SMILES string of the molecule is C#CC#CC.S=c1[nH]nc(-c2ccncc2)o1. The Hall–Kier alpha value is -2.37. The minimum atomic E-state index is 0.279. The number of rotatable bonds is 1.